The number of fused-ring (bicyclic) bond motifs is 10. The van der Waals surface area contributed by atoms with Crippen LogP contribution in [0.4, 0.5) is 21.6 Å². The van der Waals surface area contributed by atoms with Crippen molar-refractivity contribution < 1.29 is 126 Å². The van der Waals surface area contributed by atoms with Crippen molar-refractivity contribution >= 4 is 83.2 Å². The molecule has 12 atom stereocenters. The number of anilines is 2. The number of carbonyl (C=O) groups is 2. The summed E-state index contributed by atoms with van der Waals surface area (Å²) in [5.41, 5.74) is 3.29. The maximum absolute atomic E-state index is 12.8. The van der Waals surface area contributed by atoms with Crippen LogP contribution in [-0.2, 0) is 41.2 Å². The molecule has 0 saturated heterocycles. The molecule has 0 spiro atoms. The Morgan fingerprint density at radius 3 is 1.39 bits per heavy atom. The molecular weight excluding hydrogens is 1160 g/mol. The van der Waals surface area contributed by atoms with E-state index in [-0.39, 0.29) is 129 Å². The Kier molecular flexibility index (Phi) is 21.3. The topological polar surface area (TPSA) is 353 Å². The molecule has 432 valence electrons. The Hall–Kier alpha value is -3.72. The molecule has 6 aliphatic carbocycles. The van der Waals surface area contributed by atoms with Crippen molar-refractivity contribution in [3.63, 3.8) is 0 Å². The largest absolute Gasteiger partial charge is 1.00 e. The third kappa shape index (κ3) is 13.9. The first-order valence-corrected chi connectivity index (χ1v) is 31.2. The molecule has 4 saturated carbocycles. The van der Waals surface area contributed by atoms with Gasteiger partial charge in [0.05, 0.1) is 21.3 Å². The first-order chi connectivity index (χ1) is 37.8. The maximum Gasteiger partial charge on any atom is 1.00 e. The number of amides is 2. The van der Waals surface area contributed by atoms with E-state index in [1.807, 2.05) is 13.8 Å². The molecule has 4 fully saturated rings. The summed E-state index contributed by atoms with van der Waals surface area (Å²) in [6, 6.07) is 5.93. The average molecular weight is 1230 g/mol. The Bertz CT molecular complexity index is 3040. The van der Waals surface area contributed by atoms with E-state index in [1.54, 1.807) is 24.5 Å². The smallest absolute Gasteiger partial charge is 0.746 e. The van der Waals surface area contributed by atoms with Crippen molar-refractivity contribution in [3.05, 3.63) is 88.9 Å². The molecule has 2 aromatic heterocycles. The molecule has 2 aromatic carbocycles. The molecule has 8 unspecified atom stereocenters. The van der Waals surface area contributed by atoms with Crippen molar-refractivity contribution in [3.8, 4) is 11.5 Å². The maximum atomic E-state index is 12.8. The van der Waals surface area contributed by atoms with Gasteiger partial charge in [0.1, 0.15) is 14.2 Å². The van der Waals surface area contributed by atoms with E-state index in [2.05, 4.69) is 53.8 Å². The monoisotopic (exact) mass is 1230 g/mol. The molecule has 4 N–H and O–H groups in total. The molecule has 6 aliphatic rings. The van der Waals surface area contributed by atoms with Crippen LogP contribution in [0.25, 0.3) is 0 Å². The molecule has 0 bridgehead atoms. The molecule has 82 heavy (non-hydrogen) atoms. The van der Waals surface area contributed by atoms with Gasteiger partial charge in [-0.3, -0.25) is 38.9 Å². The van der Waals surface area contributed by atoms with E-state index in [0.29, 0.717) is 72.8 Å². The summed E-state index contributed by atoms with van der Waals surface area (Å²) >= 11 is 2.86. The van der Waals surface area contributed by atoms with Gasteiger partial charge in [0.2, 0.25) is 23.3 Å². The number of nitrogens with one attached hydrogen (secondary N) is 2. The summed E-state index contributed by atoms with van der Waals surface area (Å²) in [7, 11) is -7.36. The van der Waals surface area contributed by atoms with Gasteiger partial charge in [-0.25, -0.2) is 9.97 Å². The molecule has 0 aliphatic heterocycles. The van der Waals surface area contributed by atoms with Crippen LogP contribution in [0.5, 0.6) is 11.5 Å². The van der Waals surface area contributed by atoms with Crippen molar-refractivity contribution in [2.24, 2.45) is 56.6 Å². The standard InChI is InChI=1S/2C26H33N4O8PS.2Na/c2*1-14-13-27-25(40-14)28-22(31)9-4-15-12-21(29-37-3)26(2)11-10-17-16-7-8-20(38-39(34,35)36)24(30(32)33)19(16)6-5-18(17)23(15)26;;/h2*7-8,13,15,17-18,23H,4-6,9-12H2,1-3H3,(H,27,28,31)(H2,34,35,36);;/q;;2*+1/p-2/b2*29-21+;;/t2*15-,17?,18?,23?,26-;;/m11../s1. The number of benzene rings is 2. The van der Waals surface area contributed by atoms with Crippen molar-refractivity contribution in [1.82, 2.24) is 9.97 Å². The predicted octanol–water partition coefficient (Wildman–Crippen LogP) is 3.41. The first kappa shape index (κ1) is 65.8. The SMILES string of the molecule is CO/N=C1\C[C@@H](CCC(=O)Nc2ncc(C)s2)C2C3CCc4c(ccc(OP(=O)([O-])O)c4[N+](=O)[O-])C3CC[C@]12C.CO/N=C1\C[C@@H](CCC(=O)Nc2ncc(C)s2)C2C3CCc4c(ccc(OP(=O)([O-])O)c4[N+](=O)[O-])C3CC[C@]12C.[Na+].[Na+]. The number of phosphoric acid groups is 2. The molecule has 2 heterocycles. The Morgan fingerprint density at radius 2 is 1.07 bits per heavy atom. The number of rotatable bonds is 16. The fourth-order valence-electron chi connectivity index (χ4n) is 15.1. The number of hydrogen-bond acceptors (Lipinski definition) is 20. The van der Waals surface area contributed by atoms with Gasteiger partial charge in [-0.05, 0) is 162 Å². The van der Waals surface area contributed by atoms with Gasteiger partial charge >= 0.3 is 86.1 Å². The summed E-state index contributed by atoms with van der Waals surface area (Å²) in [5.74, 6) is 0.0612. The second-order valence-corrected chi connectivity index (χ2v) is 27.0. The Labute approximate surface area is 526 Å². The fraction of sp³-hybridized carbons (Fsp3) is 0.577. The number of phosphoric ester groups is 2. The third-order valence-corrected chi connectivity index (χ3v) is 20.4. The van der Waals surface area contributed by atoms with Crippen LogP contribution in [0.3, 0.4) is 0 Å². The van der Waals surface area contributed by atoms with E-state index < -0.39 is 48.4 Å². The number of carbonyl (C=O) groups excluding carboxylic acids is 2. The Morgan fingerprint density at radius 1 is 0.695 bits per heavy atom. The summed E-state index contributed by atoms with van der Waals surface area (Å²) in [6.45, 7) is 8.29. The molecule has 0 radical (unpaired) electrons. The zero-order chi connectivity index (χ0) is 57.6. The molecule has 10 rings (SSSR count). The van der Waals surface area contributed by atoms with Gasteiger partial charge in [-0.2, -0.15) is 0 Å². The molecule has 4 aromatic rings. The fourth-order valence-corrected chi connectivity index (χ4v) is 17.2. The zero-order valence-corrected chi connectivity index (χ0v) is 54.4. The van der Waals surface area contributed by atoms with Gasteiger partial charge in [0.15, 0.2) is 10.3 Å². The minimum atomic E-state index is -5.22. The Balaban J connectivity index is 0.000000230. The minimum absolute atomic E-state index is 0. The molecule has 24 nitrogen and oxygen atoms in total. The van der Waals surface area contributed by atoms with E-state index in [4.69, 9.17) is 9.68 Å². The predicted molar refractivity (Wildman–Crippen MR) is 292 cm³/mol. The molecular formula is C52H64N8Na2O16P2S2. The summed E-state index contributed by atoms with van der Waals surface area (Å²) in [4.78, 5) is 110. The third-order valence-electron chi connectivity index (χ3n) is 17.9. The molecule has 30 heteroatoms. The van der Waals surface area contributed by atoms with E-state index in [0.717, 1.165) is 70.8 Å². The summed E-state index contributed by atoms with van der Waals surface area (Å²) in [5, 5.41) is 39.8. The zero-order valence-electron chi connectivity index (χ0n) is 47.0. The number of thiazole rings is 2. The molecule has 2 amide bonds. The van der Waals surface area contributed by atoms with Crippen LogP contribution < -0.4 is 88.6 Å². The second-order valence-electron chi connectivity index (χ2n) is 22.3. The number of nitro groups is 2. The van der Waals surface area contributed by atoms with Crippen LogP contribution in [0.15, 0.2) is 47.0 Å². The minimum Gasteiger partial charge on any atom is -0.746 e. The van der Waals surface area contributed by atoms with Gasteiger partial charge in [0.25, 0.3) is 0 Å². The van der Waals surface area contributed by atoms with E-state index >= 15 is 0 Å². The van der Waals surface area contributed by atoms with Crippen LogP contribution >= 0.6 is 38.3 Å². The summed E-state index contributed by atoms with van der Waals surface area (Å²) in [6.07, 6.45) is 12.1. The van der Waals surface area contributed by atoms with Crippen molar-refractivity contribution in [1.29, 1.82) is 0 Å². The van der Waals surface area contributed by atoms with E-state index in [9.17, 15) is 58.5 Å². The van der Waals surface area contributed by atoms with Gasteiger partial charge in [0, 0.05) is 56.9 Å². The number of oxime groups is 2. The van der Waals surface area contributed by atoms with Crippen LogP contribution in [0, 0.1) is 80.4 Å². The van der Waals surface area contributed by atoms with E-state index in [1.165, 1.54) is 49.0 Å². The average Bonchev–Trinajstić information content (AvgIpc) is 3.77. The van der Waals surface area contributed by atoms with Crippen LogP contribution in [0.2, 0.25) is 0 Å². The van der Waals surface area contributed by atoms with Crippen molar-refractivity contribution in [2.75, 3.05) is 24.9 Å². The normalized spacial score (nSPS) is 28.9. The van der Waals surface area contributed by atoms with Gasteiger partial charge in [-0.1, -0.05) is 36.3 Å². The number of nitro benzene ring substituents is 2. The van der Waals surface area contributed by atoms with Gasteiger partial charge < -0.3 is 48.9 Å². The second kappa shape index (κ2) is 26.5. The number of nitrogens with zero attached hydrogens (tertiary/aromatic N) is 6. The van der Waals surface area contributed by atoms with Crippen molar-refractivity contribution in [2.45, 2.75) is 129 Å². The quantitative estimate of drug-likeness (QED) is 0.0540. The first-order valence-electron chi connectivity index (χ1n) is 26.5. The van der Waals surface area contributed by atoms with Gasteiger partial charge in [-0.15, -0.1) is 22.7 Å². The summed E-state index contributed by atoms with van der Waals surface area (Å²) < 4.78 is 31.9. The van der Waals surface area contributed by atoms with Crippen LogP contribution in [-0.4, -0.2) is 67.1 Å². The number of aromatic nitrogens is 2. The number of hydrogen-bond donors (Lipinski definition) is 4. The van der Waals surface area contributed by atoms with Crippen LogP contribution in [0.1, 0.15) is 135 Å². The number of aryl methyl sites for hydroxylation is 2.